The van der Waals surface area contributed by atoms with Crippen LogP contribution in [0.2, 0.25) is 10.0 Å². The Balaban J connectivity index is 0.000000231. The van der Waals surface area contributed by atoms with Crippen molar-refractivity contribution in [1.29, 1.82) is 0 Å². The molecule has 0 spiro atoms. The van der Waals surface area contributed by atoms with Crippen molar-refractivity contribution in [2.24, 2.45) is 27.9 Å². The molecule has 1 saturated carbocycles. The molecule has 26 nitrogen and oxygen atoms in total. The van der Waals surface area contributed by atoms with Crippen LogP contribution in [0.25, 0.3) is 28.1 Å². The zero-order valence-electron chi connectivity index (χ0n) is 49.3. The maximum Gasteiger partial charge on any atom is 0.249 e. The summed E-state index contributed by atoms with van der Waals surface area (Å²) in [4.78, 5) is 22.4. The quantitative estimate of drug-likeness (QED) is 0.0269. The first kappa shape index (κ1) is 71.4. The number of carbonyl (C=O) groups is 1. The second-order valence-corrected chi connectivity index (χ2v) is 22.8. The van der Waals surface area contributed by atoms with E-state index >= 15 is 0 Å². The molecule has 18 atom stereocenters. The fourth-order valence-electron chi connectivity index (χ4n) is 10.2. The normalized spacial score (nSPS) is 28.7. The van der Waals surface area contributed by atoms with Crippen LogP contribution in [0, 0.1) is 0 Å². The van der Waals surface area contributed by atoms with Gasteiger partial charge in [-0.2, -0.15) is 0 Å². The van der Waals surface area contributed by atoms with E-state index < -0.39 is 110 Å². The van der Waals surface area contributed by atoms with Crippen molar-refractivity contribution in [2.45, 2.75) is 169 Å². The minimum atomic E-state index is -1.76. The SMILES string of the molecule is CC(C)N=c1cc2n(-c3ccc(Cl)cc3)c3ccccc3nc-2cc1Nc1ccc(Cl)cc1.CCC(CO)NCCNC(CC)CO.NCC[C@H](O)C(=O)N[C@@H]1C[C@H](N)[C@@H](O[C@H]2O[C@H](CN)[C@@H](O)[C@H](O)[C@H]2O)[C@H](O)[C@H]1O[C@H]1O[C@H](CO)[C@@H](O)[C@H](N)[C@H]1O. The monoisotopic (exact) mass is 1260 g/mol. The van der Waals surface area contributed by atoms with Crippen LogP contribution in [0.15, 0.2) is 89.9 Å². The molecule has 2 unspecified atom stereocenters. The fraction of sp³-hybridized carbons (Fsp3) is 0.576. The Morgan fingerprint density at radius 1 is 0.759 bits per heavy atom. The van der Waals surface area contributed by atoms with Crippen LogP contribution in [-0.2, 0) is 23.7 Å². The molecule has 1 amide bonds. The van der Waals surface area contributed by atoms with Crippen molar-refractivity contribution in [3.63, 3.8) is 0 Å². The van der Waals surface area contributed by atoms with Gasteiger partial charge in [-0.25, -0.2) is 4.98 Å². The van der Waals surface area contributed by atoms with Crippen LogP contribution in [0.3, 0.4) is 0 Å². The van der Waals surface area contributed by atoms with Gasteiger partial charge in [-0.1, -0.05) is 49.2 Å². The maximum atomic E-state index is 12.6. The molecule has 2 saturated heterocycles. The van der Waals surface area contributed by atoms with Crippen LogP contribution < -0.4 is 49.6 Å². The Labute approximate surface area is 515 Å². The smallest absolute Gasteiger partial charge is 0.249 e. The van der Waals surface area contributed by atoms with Gasteiger partial charge in [0.1, 0.15) is 67.1 Å². The van der Waals surface area contributed by atoms with E-state index in [1.54, 1.807) is 0 Å². The summed E-state index contributed by atoms with van der Waals surface area (Å²) in [6, 6.07) is 24.9. The number of rotatable bonds is 23. The summed E-state index contributed by atoms with van der Waals surface area (Å²) in [5.41, 5.74) is 29.7. The highest BCUT2D eigenvalue weighted by atomic mass is 35.5. The summed E-state index contributed by atoms with van der Waals surface area (Å²) >= 11 is 12.2. The number of aliphatic hydroxyl groups excluding tert-OH is 10. The predicted molar refractivity (Wildman–Crippen MR) is 328 cm³/mol. The number of aromatic nitrogens is 2. The third-order valence-corrected chi connectivity index (χ3v) is 15.7. The number of hydrogen-bond donors (Lipinski definition) is 18. The lowest BCUT2D eigenvalue weighted by Crippen LogP contribution is -2.69. The summed E-state index contributed by atoms with van der Waals surface area (Å²) in [5.74, 6) is -0.845. The second kappa shape index (κ2) is 34.5. The summed E-state index contributed by atoms with van der Waals surface area (Å²) in [7, 11) is 0. The van der Waals surface area contributed by atoms with Gasteiger partial charge in [-0.05, 0) is 119 Å². The Morgan fingerprint density at radius 3 is 1.92 bits per heavy atom. The molecule has 3 aliphatic heterocycles. The van der Waals surface area contributed by atoms with Gasteiger partial charge in [0.05, 0.1) is 65.4 Å². The number of hydrogen-bond acceptors (Lipinski definition) is 24. The lowest BCUT2D eigenvalue weighted by Gasteiger charge is -2.49. The van der Waals surface area contributed by atoms with Crippen LogP contribution in [0.1, 0.15) is 53.4 Å². The standard InChI is InChI=1S/C27H22Cl2N4.C22H43N5O13.C10H24N2O2/c1-17(2)30-24-16-27-25(15-23(24)31-20-11-7-18(28)8-12-20)32-22-5-3-4-6-26(22)33(27)21-13-9-19(29)10-14-21;23-2-1-8(29)20(36)27-7-3-6(25)18(39-22-16(34)15(33)13(31)9(4-24)37-22)17(35)19(7)40-21-14(32)11(26)12(30)10(5-28)38-21;1-3-9(7-13)11-5-6-12-10(4-2)8-14/h3-17,31H,1-2H3;6-19,21-22,28-35H,1-5,23-26H2,(H,27,36);9-14H,3-8H2,1-2H3/t;6-,7+,8-,9+,10+,11-,12+,13+,14+,15-,16+,17-,18+,19-,21+,22+;/m.0./s1. The van der Waals surface area contributed by atoms with Gasteiger partial charge < -0.3 is 119 Å². The minimum Gasteiger partial charge on any atom is -0.395 e. The Hall–Kier alpha value is -4.67. The van der Waals surface area contributed by atoms with Crippen molar-refractivity contribution < 1.29 is 74.8 Å². The first-order valence-electron chi connectivity index (χ1n) is 29.3. The number of nitrogens with two attached hydrogens (primary N) is 4. The van der Waals surface area contributed by atoms with E-state index in [0.29, 0.717) is 10.0 Å². The molecule has 3 heterocycles. The number of ether oxygens (including phenoxy) is 4. The largest absolute Gasteiger partial charge is 0.395 e. The van der Waals surface area contributed by atoms with Gasteiger partial charge in [0, 0.05) is 65.2 Å². The average molecular weight is 1260 g/mol. The molecule has 0 radical (unpaired) electrons. The molecule has 2 aliphatic carbocycles. The van der Waals surface area contributed by atoms with E-state index in [4.69, 9.17) is 85.3 Å². The molecular formula is C59H89Cl2N11O15. The van der Waals surface area contributed by atoms with Crippen LogP contribution >= 0.6 is 23.2 Å². The van der Waals surface area contributed by atoms with Gasteiger partial charge in [0.25, 0.3) is 0 Å². The zero-order chi connectivity index (χ0) is 63.6. The molecule has 3 aromatic rings. The van der Waals surface area contributed by atoms with E-state index in [9.17, 15) is 45.6 Å². The molecule has 22 N–H and O–H groups in total. The second-order valence-electron chi connectivity index (χ2n) is 21.9. The highest BCUT2D eigenvalue weighted by molar-refractivity contribution is 6.30. The summed E-state index contributed by atoms with van der Waals surface area (Å²) in [5, 5.41) is 115. The predicted octanol–water partition coefficient (Wildman–Crippen LogP) is -1.23. The zero-order valence-corrected chi connectivity index (χ0v) is 50.8. The molecule has 3 aromatic carbocycles. The van der Waals surface area contributed by atoms with Crippen molar-refractivity contribution in [2.75, 3.05) is 51.3 Å². The fourth-order valence-corrected chi connectivity index (χ4v) is 10.4. The summed E-state index contributed by atoms with van der Waals surface area (Å²) in [6.07, 6.45) is -17.9. The molecule has 3 fully saturated rings. The van der Waals surface area contributed by atoms with Gasteiger partial charge in [-0.3, -0.25) is 9.79 Å². The number of halogens is 2. The Kier molecular flexibility index (Phi) is 28.3. The molecule has 0 bridgehead atoms. The van der Waals surface area contributed by atoms with Crippen molar-refractivity contribution in [1.82, 2.24) is 25.5 Å². The number of benzene rings is 4. The van der Waals surface area contributed by atoms with E-state index in [1.807, 2.05) is 80.6 Å². The van der Waals surface area contributed by atoms with Crippen molar-refractivity contribution in [3.05, 3.63) is 100 Å². The molecule has 28 heteroatoms. The number of nitrogens with one attached hydrogen (secondary N) is 4. The number of nitrogens with zero attached hydrogens (tertiary/aromatic N) is 3. The van der Waals surface area contributed by atoms with Crippen LogP contribution in [0.4, 0.5) is 11.4 Å². The Morgan fingerprint density at radius 2 is 1.34 bits per heavy atom. The first-order chi connectivity index (χ1) is 41.6. The van der Waals surface area contributed by atoms with Gasteiger partial charge in [0.15, 0.2) is 12.6 Å². The van der Waals surface area contributed by atoms with Gasteiger partial charge in [0.2, 0.25) is 5.91 Å². The number of carbonyl (C=O) groups excluding carboxylic acids is 1. The number of para-hydroxylation sites is 2. The average Bonchev–Trinajstić information content (AvgIpc) is 0.875. The molecule has 0 aromatic heterocycles. The van der Waals surface area contributed by atoms with Crippen molar-refractivity contribution in [3.8, 4) is 17.1 Å². The van der Waals surface area contributed by atoms with E-state index in [2.05, 4.69) is 57.9 Å². The lowest BCUT2D eigenvalue weighted by atomic mass is 9.83. The van der Waals surface area contributed by atoms with Crippen molar-refractivity contribution >= 4 is 51.5 Å². The summed E-state index contributed by atoms with van der Waals surface area (Å²) < 4.78 is 24.7. The van der Waals surface area contributed by atoms with E-state index in [0.717, 1.165) is 70.8 Å². The number of fused-ring (bicyclic) bond motifs is 2. The lowest BCUT2D eigenvalue weighted by molar-refractivity contribution is -0.332. The van der Waals surface area contributed by atoms with Gasteiger partial charge in [-0.15, -0.1) is 0 Å². The third kappa shape index (κ3) is 19.0. The topological polar surface area (TPSA) is 439 Å². The number of anilines is 2. The van der Waals surface area contributed by atoms with E-state index in [1.165, 1.54) is 0 Å². The number of amides is 1. The minimum absolute atomic E-state index is 0.0101. The third-order valence-electron chi connectivity index (χ3n) is 15.2. The molecule has 484 valence electrons. The highest BCUT2D eigenvalue weighted by Crippen LogP contribution is 2.34. The number of aliphatic hydroxyl groups is 10. The first-order valence-corrected chi connectivity index (χ1v) is 30.0. The molecule has 8 rings (SSSR count). The van der Waals surface area contributed by atoms with Crippen LogP contribution in [-0.4, -0.2) is 228 Å². The molecular weight excluding hydrogens is 1170 g/mol. The summed E-state index contributed by atoms with van der Waals surface area (Å²) in [6.45, 7) is 9.37. The van der Waals surface area contributed by atoms with Crippen LogP contribution in [0.5, 0.6) is 0 Å². The highest BCUT2D eigenvalue weighted by Gasteiger charge is 2.53. The maximum absolute atomic E-state index is 12.6. The van der Waals surface area contributed by atoms with Gasteiger partial charge >= 0.3 is 0 Å². The molecule has 87 heavy (non-hydrogen) atoms. The molecule has 5 aliphatic rings. The Bertz CT molecular complexity index is 2880. The van der Waals surface area contributed by atoms with E-state index in [-0.39, 0.29) is 57.3 Å².